The van der Waals surface area contributed by atoms with Crippen LogP contribution in [0, 0.1) is 0 Å². The van der Waals surface area contributed by atoms with Gasteiger partial charge in [0.05, 0.1) is 26.9 Å². The predicted octanol–water partition coefficient (Wildman–Crippen LogP) is 2.16. The average Bonchev–Trinajstić information content (AvgIpc) is 2.67. The summed E-state index contributed by atoms with van der Waals surface area (Å²) >= 11 is 0. The molecule has 0 saturated carbocycles. The van der Waals surface area contributed by atoms with Crippen LogP contribution in [0.25, 0.3) is 10.8 Å². The molecule has 1 saturated heterocycles. The van der Waals surface area contributed by atoms with Crippen LogP contribution in [0.1, 0.15) is 24.3 Å². The summed E-state index contributed by atoms with van der Waals surface area (Å²) in [6, 6.07) is 12.4. The summed E-state index contributed by atoms with van der Waals surface area (Å²) in [5, 5.41) is 5.36. The molecule has 1 fully saturated rings. The maximum absolute atomic E-state index is 10.7. The topological polar surface area (TPSA) is 82.8 Å². The number of primary amides is 1. The van der Waals surface area contributed by atoms with E-state index in [-0.39, 0.29) is 24.7 Å². The van der Waals surface area contributed by atoms with E-state index < -0.39 is 0 Å². The summed E-state index contributed by atoms with van der Waals surface area (Å²) in [6.45, 7) is 2.22. The molecule has 26 heavy (non-hydrogen) atoms. The lowest BCUT2D eigenvalue weighted by Crippen LogP contribution is -2.32. The molecule has 0 atom stereocenters. The highest BCUT2D eigenvalue weighted by Gasteiger charge is 2.24. The van der Waals surface area contributed by atoms with Crippen molar-refractivity contribution in [3.63, 3.8) is 0 Å². The number of nitrogens with two attached hydrogens (primary N) is 1. The van der Waals surface area contributed by atoms with Gasteiger partial charge in [0.1, 0.15) is 5.75 Å². The van der Waals surface area contributed by atoms with Gasteiger partial charge in [-0.3, -0.25) is 4.79 Å². The molecule has 1 heterocycles. The third kappa shape index (κ3) is 4.72. The highest BCUT2D eigenvalue weighted by atomic mass is 16.7. The summed E-state index contributed by atoms with van der Waals surface area (Å²) in [4.78, 5) is 10.7. The Morgan fingerprint density at radius 2 is 2.08 bits per heavy atom. The molecule has 3 N–H and O–H groups in total. The second kappa shape index (κ2) is 8.98. The van der Waals surface area contributed by atoms with Crippen molar-refractivity contribution in [3.05, 3.63) is 42.0 Å². The number of benzene rings is 2. The monoisotopic (exact) mass is 358 g/mol. The molecular weight excluding hydrogens is 332 g/mol. The molecule has 6 heteroatoms. The Kier molecular flexibility index (Phi) is 6.44. The zero-order valence-corrected chi connectivity index (χ0v) is 15.1. The lowest BCUT2D eigenvalue weighted by Gasteiger charge is -2.30. The van der Waals surface area contributed by atoms with Crippen molar-refractivity contribution in [3.8, 4) is 5.75 Å². The van der Waals surface area contributed by atoms with Crippen LogP contribution >= 0.6 is 0 Å². The Morgan fingerprint density at radius 1 is 1.27 bits per heavy atom. The Labute approximate surface area is 153 Å². The maximum Gasteiger partial charge on any atom is 0.231 e. The minimum absolute atomic E-state index is 0.184. The van der Waals surface area contributed by atoms with E-state index in [0.29, 0.717) is 13.2 Å². The van der Waals surface area contributed by atoms with Gasteiger partial charge in [0.25, 0.3) is 0 Å². The van der Waals surface area contributed by atoms with Crippen LogP contribution < -0.4 is 15.8 Å². The lowest BCUT2D eigenvalue weighted by molar-refractivity contribution is -0.189. The van der Waals surface area contributed by atoms with Gasteiger partial charge in [0, 0.05) is 5.92 Å². The summed E-state index contributed by atoms with van der Waals surface area (Å²) in [6.07, 6.45) is 1.48. The van der Waals surface area contributed by atoms with Gasteiger partial charge in [-0.2, -0.15) is 0 Å². The van der Waals surface area contributed by atoms with Crippen LogP contribution in [0.3, 0.4) is 0 Å². The van der Waals surface area contributed by atoms with Gasteiger partial charge in [-0.25, -0.2) is 0 Å². The van der Waals surface area contributed by atoms with E-state index in [9.17, 15) is 4.79 Å². The predicted molar refractivity (Wildman–Crippen MR) is 100 cm³/mol. The molecule has 140 valence electrons. The first-order valence-corrected chi connectivity index (χ1v) is 8.96. The first-order chi connectivity index (χ1) is 12.7. The SMILES string of the molecule is COc1ccc2c(C3COC(CCCNCC(N)=O)OC3)cccc2c1. The number of nitrogens with one attached hydrogen (secondary N) is 1. The Morgan fingerprint density at radius 3 is 2.81 bits per heavy atom. The van der Waals surface area contributed by atoms with Crippen molar-refractivity contribution in [2.24, 2.45) is 5.73 Å². The second-order valence-electron chi connectivity index (χ2n) is 6.51. The van der Waals surface area contributed by atoms with Crippen LogP contribution in [-0.4, -0.2) is 45.6 Å². The fourth-order valence-electron chi connectivity index (χ4n) is 3.26. The number of ether oxygens (including phenoxy) is 3. The highest BCUT2D eigenvalue weighted by molar-refractivity contribution is 5.87. The van der Waals surface area contributed by atoms with Gasteiger partial charge in [-0.05, 0) is 47.9 Å². The molecule has 3 rings (SSSR count). The number of rotatable bonds is 8. The van der Waals surface area contributed by atoms with Crippen LogP contribution in [0.15, 0.2) is 36.4 Å². The minimum atomic E-state index is -0.342. The molecule has 0 aromatic heterocycles. The Bertz CT molecular complexity index is 742. The van der Waals surface area contributed by atoms with E-state index in [1.54, 1.807) is 7.11 Å². The van der Waals surface area contributed by atoms with E-state index in [2.05, 4.69) is 29.6 Å². The number of carbonyl (C=O) groups is 1. The van der Waals surface area contributed by atoms with Crippen molar-refractivity contribution in [1.29, 1.82) is 0 Å². The van der Waals surface area contributed by atoms with Gasteiger partial charge < -0.3 is 25.3 Å². The number of amides is 1. The maximum atomic E-state index is 10.7. The zero-order chi connectivity index (χ0) is 18.4. The summed E-state index contributed by atoms with van der Waals surface area (Å²) in [5.74, 6) is 0.734. The molecule has 2 aromatic rings. The van der Waals surface area contributed by atoms with E-state index in [1.165, 1.54) is 10.9 Å². The molecule has 1 aliphatic rings. The van der Waals surface area contributed by atoms with E-state index >= 15 is 0 Å². The van der Waals surface area contributed by atoms with Crippen molar-refractivity contribution in [1.82, 2.24) is 5.32 Å². The molecule has 0 bridgehead atoms. The fraction of sp³-hybridized carbons (Fsp3) is 0.450. The van der Waals surface area contributed by atoms with Gasteiger partial charge in [-0.15, -0.1) is 0 Å². The third-order valence-electron chi connectivity index (χ3n) is 4.62. The lowest BCUT2D eigenvalue weighted by atomic mass is 9.94. The molecule has 1 aliphatic heterocycles. The van der Waals surface area contributed by atoms with Crippen molar-refractivity contribution in [2.45, 2.75) is 25.0 Å². The van der Waals surface area contributed by atoms with E-state index in [1.807, 2.05) is 12.1 Å². The highest BCUT2D eigenvalue weighted by Crippen LogP contribution is 2.31. The van der Waals surface area contributed by atoms with Crippen molar-refractivity contribution >= 4 is 16.7 Å². The van der Waals surface area contributed by atoms with Gasteiger partial charge in [0.2, 0.25) is 5.91 Å². The van der Waals surface area contributed by atoms with Crippen LogP contribution in [0.2, 0.25) is 0 Å². The summed E-state index contributed by atoms with van der Waals surface area (Å²) in [7, 11) is 1.68. The molecule has 0 aliphatic carbocycles. The van der Waals surface area contributed by atoms with Gasteiger partial charge in [-0.1, -0.05) is 24.3 Å². The van der Waals surface area contributed by atoms with Crippen LogP contribution in [-0.2, 0) is 14.3 Å². The minimum Gasteiger partial charge on any atom is -0.497 e. The molecule has 0 unspecified atom stereocenters. The number of methoxy groups -OCH3 is 1. The molecule has 0 radical (unpaired) electrons. The van der Waals surface area contributed by atoms with E-state index in [0.717, 1.165) is 30.5 Å². The van der Waals surface area contributed by atoms with Crippen LogP contribution in [0.4, 0.5) is 0 Å². The quantitative estimate of drug-likeness (QED) is 0.707. The zero-order valence-electron chi connectivity index (χ0n) is 15.1. The van der Waals surface area contributed by atoms with Crippen LogP contribution in [0.5, 0.6) is 5.75 Å². The largest absolute Gasteiger partial charge is 0.497 e. The van der Waals surface area contributed by atoms with E-state index in [4.69, 9.17) is 19.9 Å². The number of hydrogen-bond acceptors (Lipinski definition) is 5. The van der Waals surface area contributed by atoms with Crippen molar-refractivity contribution < 1.29 is 19.0 Å². The van der Waals surface area contributed by atoms with Crippen molar-refractivity contribution in [2.75, 3.05) is 33.4 Å². The molecule has 6 nitrogen and oxygen atoms in total. The third-order valence-corrected chi connectivity index (χ3v) is 4.62. The molecule has 1 amide bonds. The standard InChI is InChI=1S/C20H26N2O4/c1-24-16-7-8-18-14(10-16)4-2-5-17(18)15-12-25-20(26-13-15)6-3-9-22-11-19(21)23/h2,4-5,7-8,10,15,20,22H,3,6,9,11-13H2,1H3,(H2,21,23). The molecule has 2 aromatic carbocycles. The number of fused-ring (bicyclic) bond motifs is 1. The molecule has 0 spiro atoms. The summed E-state index contributed by atoms with van der Waals surface area (Å²) < 4.78 is 17.1. The first kappa shape index (κ1) is 18.6. The molecular formula is C20H26N2O4. The normalized spacial score (nSPS) is 20.2. The van der Waals surface area contributed by atoms with Gasteiger partial charge >= 0.3 is 0 Å². The fourth-order valence-corrected chi connectivity index (χ4v) is 3.26. The Balaban J connectivity index is 1.53. The first-order valence-electron chi connectivity index (χ1n) is 8.96. The number of hydrogen-bond donors (Lipinski definition) is 2. The summed E-state index contributed by atoms with van der Waals surface area (Å²) in [5.41, 5.74) is 6.33. The average molecular weight is 358 g/mol. The number of carbonyl (C=O) groups excluding carboxylic acids is 1. The second-order valence-corrected chi connectivity index (χ2v) is 6.51. The Hall–Kier alpha value is -2.15. The van der Waals surface area contributed by atoms with Gasteiger partial charge in [0.15, 0.2) is 6.29 Å². The smallest absolute Gasteiger partial charge is 0.231 e.